The second kappa shape index (κ2) is 7.92. The molecule has 1 saturated heterocycles. The average molecular weight is 363 g/mol. The van der Waals surface area contributed by atoms with E-state index in [0.29, 0.717) is 6.54 Å². The first kappa shape index (κ1) is 17.7. The standard InChI is InChI=1S/C22H25N3O2/c1-16-6-7-21-19(5-2-10-23-21)20(16)14-24-22(26)17-8-11-25(12-9-17)15-18-4-3-13-27-18/h2-7,10,13,17H,8-9,11-12,14-15H2,1H3,(H,24,26). The van der Waals surface area contributed by atoms with E-state index in [1.54, 1.807) is 12.5 Å². The van der Waals surface area contributed by atoms with Crippen LogP contribution < -0.4 is 5.32 Å². The molecule has 0 saturated carbocycles. The molecule has 4 rings (SSSR count). The van der Waals surface area contributed by atoms with Gasteiger partial charge in [0.25, 0.3) is 0 Å². The quantitative estimate of drug-likeness (QED) is 0.751. The summed E-state index contributed by atoms with van der Waals surface area (Å²) >= 11 is 0. The van der Waals surface area contributed by atoms with Crippen LogP contribution in [-0.4, -0.2) is 28.9 Å². The summed E-state index contributed by atoms with van der Waals surface area (Å²) in [4.78, 5) is 19.4. The summed E-state index contributed by atoms with van der Waals surface area (Å²) in [6.07, 6.45) is 5.29. The first-order chi connectivity index (χ1) is 13.2. The summed E-state index contributed by atoms with van der Waals surface area (Å²) in [5.74, 6) is 1.23. The maximum Gasteiger partial charge on any atom is 0.223 e. The van der Waals surface area contributed by atoms with Gasteiger partial charge in [0, 0.05) is 24.0 Å². The summed E-state index contributed by atoms with van der Waals surface area (Å²) in [6.45, 7) is 5.32. The Balaban J connectivity index is 1.33. The molecule has 0 aliphatic carbocycles. The zero-order valence-corrected chi connectivity index (χ0v) is 15.6. The number of piperidine rings is 1. The van der Waals surface area contributed by atoms with Crippen molar-refractivity contribution in [2.45, 2.75) is 32.9 Å². The third kappa shape index (κ3) is 4.03. The molecule has 27 heavy (non-hydrogen) atoms. The van der Waals surface area contributed by atoms with E-state index >= 15 is 0 Å². The molecule has 1 N–H and O–H groups in total. The molecular weight excluding hydrogens is 338 g/mol. The van der Waals surface area contributed by atoms with E-state index in [4.69, 9.17) is 4.42 Å². The Morgan fingerprint density at radius 3 is 2.85 bits per heavy atom. The van der Waals surface area contributed by atoms with E-state index in [2.05, 4.69) is 34.3 Å². The van der Waals surface area contributed by atoms with E-state index in [9.17, 15) is 4.79 Å². The predicted molar refractivity (Wildman–Crippen MR) is 105 cm³/mol. The molecule has 0 unspecified atom stereocenters. The highest BCUT2D eigenvalue weighted by Crippen LogP contribution is 2.22. The Hall–Kier alpha value is -2.66. The molecule has 3 heterocycles. The molecule has 140 valence electrons. The van der Waals surface area contributed by atoms with Gasteiger partial charge in [-0.25, -0.2) is 0 Å². The van der Waals surface area contributed by atoms with Crippen molar-refractivity contribution in [2.24, 2.45) is 5.92 Å². The molecule has 0 radical (unpaired) electrons. The van der Waals surface area contributed by atoms with Crippen molar-refractivity contribution >= 4 is 16.8 Å². The van der Waals surface area contributed by atoms with E-state index in [-0.39, 0.29) is 11.8 Å². The fourth-order valence-electron chi connectivity index (χ4n) is 3.85. The van der Waals surface area contributed by atoms with Gasteiger partial charge >= 0.3 is 0 Å². The number of nitrogens with one attached hydrogen (secondary N) is 1. The van der Waals surface area contributed by atoms with Crippen LogP contribution >= 0.6 is 0 Å². The van der Waals surface area contributed by atoms with Crippen LogP contribution in [0.25, 0.3) is 10.9 Å². The van der Waals surface area contributed by atoms with Gasteiger partial charge in [-0.15, -0.1) is 0 Å². The van der Waals surface area contributed by atoms with Crippen LogP contribution in [0.15, 0.2) is 53.3 Å². The van der Waals surface area contributed by atoms with Gasteiger partial charge in [0.15, 0.2) is 0 Å². The van der Waals surface area contributed by atoms with E-state index in [1.807, 2.05) is 24.3 Å². The number of benzene rings is 1. The van der Waals surface area contributed by atoms with Gasteiger partial charge in [-0.3, -0.25) is 14.7 Å². The third-order valence-electron chi connectivity index (χ3n) is 5.49. The molecule has 5 nitrogen and oxygen atoms in total. The maximum absolute atomic E-state index is 12.7. The fourth-order valence-corrected chi connectivity index (χ4v) is 3.85. The first-order valence-electron chi connectivity index (χ1n) is 9.56. The largest absolute Gasteiger partial charge is 0.468 e. The molecular formula is C22H25N3O2. The number of rotatable bonds is 5. The summed E-state index contributed by atoms with van der Waals surface area (Å²) in [7, 11) is 0. The molecule has 0 bridgehead atoms. The van der Waals surface area contributed by atoms with Gasteiger partial charge in [0.2, 0.25) is 5.91 Å². The molecule has 1 aliphatic rings. The molecule has 1 aliphatic heterocycles. The third-order valence-corrected chi connectivity index (χ3v) is 5.49. The fraction of sp³-hybridized carbons (Fsp3) is 0.364. The molecule has 1 aromatic carbocycles. The van der Waals surface area contributed by atoms with Gasteiger partial charge in [0.05, 0.1) is 18.3 Å². The lowest BCUT2D eigenvalue weighted by Crippen LogP contribution is -2.40. The molecule has 5 heteroatoms. The number of hydrogen-bond acceptors (Lipinski definition) is 4. The van der Waals surface area contributed by atoms with Crippen molar-refractivity contribution in [3.8, 4) is 0 Å². The highest BCUT2D eigenvalue weighted by molar-refractivity contribution is 5.84. The minimum absolute atomic E-state index is 0.0891. The number of pyridine rings is 1. The SMILES string of the molecule is Cc1ccc2ncccc2c1CNC(=O)C1CCN(Cc2ccco2)CC1. The zero-order chi connectivity index (χ0) is 18.6. The van der Waals surface area contributed by atoms with Crippen molar-refractivity contribution < 1.29 is 9.21 Å². The molecule has 1 fully saturated rings. The number of furan rings is 1. The monoisotopic (exact) mass is 363 g/mol. The van der Waals surface area contributed by atoms with Crippen LogP contribution in [0.3, 0.4) is 0 Å². The van der Waals surface area contributed by atoms with E-state index < -0.39 is 0 Å². The Morgan fingerprint density at radius 1 is 1.22 bits per heavy atom. The van der Waals surface area contributed by atoms with Crippen molar-refractivity contribution in [3.63, 3.8) is 0 Å². The van der Waals surface area contributed by atoms with Gasteiger partial charge < -0.3 is 9.73 Å². The number of carbonyl (C=O) groups excluding carboxylic acids is 1. The number of amides is 1. The average Bonchev–Trinajstić information content (AvgIpc) is 3.20. The number of aryl methyl sites for hydroxylation is 1. The van der Waals surface area contributed by atoms with Gasteiger partial charge in [0.1, 0.15) is 5.76 Å². The lowest BCUT2D eigenvalue weighted by Gasteiger charge is -2.30. The highest BCUT2D eigenvalue weighted by atomic mass is 16.3. The normalized spacial score (nSPS) is 15.9. The number of aromatic nitrogens is 1. The molecule has 0 atom stereocenters. The zero-order valence-electron chi connectivity index (χ0n) is 15.6. The Bertz CT molecular complexity index is 912. The maximum atomic E-state index is 12.7. The second-order valence-electron chi connectivity index (χ2n) is 7.28. The smallest absolute Gasteiger partial charge is 0.223 e. The Kier molecular flexibility index (Phi) is 5.21. The number of nitrogens with zero attached hydrogens (tertiary/aromatic N) is 2. The molecule has 0 spiro atoms. The molecule has 1 amide bonds. The lowest BCUT2D eigenvalue weighted by molar-refractivity contribution is -0.126. The number of likely N-dealkylation sites (tertiary alicyclic amines) is 1. The molecule has 2 aromatic heterocycles. The van der Waals surface area contributed by atoms with Gasteiger partial charge in [-0.05, 0) is 68.2 Å². The number of hydrogen-bond donors (Lipinski definition) is 1. The van der Waals surface area contributed by atoms with Crippen LogP contribution in [-0.2, 0) is 17.9 Å². The van der Waals surface area contributed by atoms with Crippen molar-refractivity contribution in [2.75, 3.05) is 13.1 Å². The Morgan fingerprint density at radius 2 is 2.07 bits per heavy atom. The summed E-state index contributed by atoms with van der Waals surface area (Å²) < 4.78 is 5.42. The van der Waals surface area contributed by atoms with Crippen LogP contribution in [0.1, 0.15) is 29.7 Å². The van der Waals surface area contributed by atoms with Crippen LogP contribution in [0.2, 0.25) is 0 Å². The van der Waals surface area contributed by atoms with E-state index in [1.165, 1.54) is 5.56 Å². The topological polar surface area (TPSA) is 58.4 Å². The first-order valence-corrected chi connectivity index (χ1v) is 9.56. The van der Waals surface area contributed by atoms with Crippen LogP contribution in [0.5, 0.6) is 0 Å². The van der Waals surface area contributed by atoms with E-state index in [0.717, 1.165) is 54.7 Å². The lowest BCUT2D eigenvalue weighted by atomic mass is 9.95. The summed E-state index contributed by atoms with van der Waals surface area (Å²) in [6, 6.07) is 12.0. The number of carbonyl (C=O) groups is 1. The predicted octanol–water partition coefficient (Wildman–Crippen LogP) is 3.66. The highest BCUT2D eigenvalue weighted by Gasteiger charge is 2.25. The Labute approximate surface area is 159 Å². The van der Waals surface area contributed by atoms with Crippen molar-refractivity contribution in [1.82, 2.24) is 15.2 Å². The summed E-state index contributed by atoms with van der Waals surface area (Å²) in [5, 5.41) is 4.28. The van der Waals surface area contributed by atoms with Gasteiger partial charge in [-0.2, -0.15) is 0 Å². The van der Waals surface area contributed by atoms with Gasteiger partial charge in [-0.1, -0.05) is 12.1 Å². The van der Waals surface area contributed by atoms with Crippen LogP contribution in [0, 0.1) is 12.8 Å². The number of fused-ring (bicyclic) bond motifs is 1. The van der Waals surface area contributed by atoms with Crippen molar-refractivity contribution in [3.05, 3.63) is 65.7 Å². The summed E-state index contributed by atoms with van der Waals surface area (Å²) in [5.41, 5.74) is 3.31. The molecule has 3 aromatic rings. The van der Waals surface area contributed by atoms with Crippen molar-refractivity contribution in [1.29, 1.82) is 0 Å². The second-order valence-corrected chi connectivity index (χ2v) is 7.28. The van der Waals surface area contributed by atoms with Crippen LogP contribution in [0.4, 0.5) is 0 Å². The minimum Gasteiger partial charge on any atom is -0.468 e. The minimum atomic E-state index is 0.0891.